The van der Waals surface area contributed by atoms with Crippen molar-refractivity contribution in [3.8, 4) is 11.5 Å². The molecular weight excluding hydrogens is 401 g/mol. The Morgan fingerprint density at radius 3 is 2.26 bits per heavy atom. The van der Waals surface area contributed by atoms with Crippen LogP contribution in [0.1, 0.15) is 17.2 Å². The van der Waals surface area contributed by atoms with Crippen LogP contribution in [0.5, 0.6) is 11.5 Å². The Hall–Kier alpha value is -4.13. The number of carbonyl (C=O) groups is 2. The maximum absolute atomic E-state index is 13.5. The largest absolute Gasteiger partial charge is 0.508 e. The van der Waals surface area contributed by atoms with Crippen molar-refractivity contribution in [3.05, 3.63) is 95.3 Å². The van der Waals surface area contributed by atoms with Crippen molar-refractivity contribution in [2.24, 2.45) is 0 Å². The van der Waals surface area contributed by atoms with Crippen LogP contribution in [-0.2, 0) is 9.59 Å². The zero-order chi connectivity index (χ0) is 22.1. The van der Waals surface area contributed by atoms with Crippen LogP contribution in [0.3, 0.4) is 0 Å². The molecule has 0 saturated carbocycles. The zero-order valence-electron chi connectivity index (χ0n) is 16.4. The highest BCUT2D eigenvalue weighted by Gasteiger charge is 2.47. The molecule has 1 fully saturated rings. The van der Waals surface area contributed by atoms with Crippen molar-refractivity contribution in [3.63, 3.8) is 0 Å². The first-order valence-electron chi connectivity index (χ1n) is 9.41. The summed E-state index contributed by atoms with van der Waals surface area (Å²) in [5.74, 6) is -2.29. The predicted molar refractivity (Wildman–Crippen MR) is 112 cm³/mol. The number of benzene rings is 3. The lowest BCUT2D eigenvalue weighted by Gasteiger charge is -2.25. The van der Waals surface area contributed by atoms with Gasteiger partial charge in [-0.1, -0.05) is 24.3 Å². The van der Waals surface area contributed by atoms with E-state index >= 15 is 0 Å². The van der Waals surface area contributed by atoms with Gasteiger partial charge in [0.05, 0.1) is 24.3 Å². The van der Waals surface area contributed by atoms with Crippen LogP contribution in [0.25, 0.3) is 5.76 Å². The number of methoxy groups -OCH3 is 1. The van der Waals surface area contributed by atoms with Crippen molar-refractivity contribution in [2.75, 3.05) is 12.0 Å². The molecule has 31 heavy (non-hydrogen) atoms. The van der Waals surface area contributed by atoms with Crippen LogP contribution in [0, 0.1) is 5.82 Å². The highest BCUT2D eigenvalue weighted by molar-refractivity contribution is 6.51. The maximum Gasteiger partial charge on any atom is 0.300 e. The van der Waals surface area contributed by atoms with Gasteiger partial charge in [-0.3, -0.25) is 14.5 Å². The van der Waals surface area contributed by atoms with Crippen LogP contribution in [0.4, 0.5) is 10.1 Å². The molecule has 1 amide bonds. The molecule has 1 saturated heterocycles. The highest BCUT2D eigenvalue weighted by Crippen LogP contribution is 2.43. The number of rotatable bonds is 4. The number of phenolic OH excluding ortho intramolecular Hbond substituents is 1. The van der Waals surface area contributed by atoms with Crippen molar-refractivity contribution in [2.45, 2.75) is 6.04 Å². The summed E-state index contributed by atoms with van der Waals surface area (Å²) in [6.45, 7) is 0. The van der Waals surface area contributed by atoms with E-state index in [1.807, 2.05) is 0 Å². The van der Waals surface area contributed by atoms with Crippen molar-refractivity contribution in [1.29, 1.82) is 0 Å². The third-order valence-corrected chi connectivity index (χ3v) is 5.12. The van der Waals surface area contributed by atoms with E-state index in [2.05, 4.69) is 0 Å². The Morgan fingerprint density at radius 1 is 0.968 bits per heavy atom. The van der Waals surface area contributed by atoms with Gasteiger partial charge in [0.15, 0.2) is 0 Å². The number of aliphatic hydroxyl groups is 1. The molecule has 156 valence electrons. The van der Waals surface area contributed by atoms with Gasteiger partial charge < -0.3 is 14.9 Å². The van der Waals surface area contributed by atoms with Crippen LogP contribution in [0.15, 0.2) is 78.4 Å². The smallest absolute Gasteiger partial charge is 0.300 e. The zero-order valence-corrected chi connectivity index (χ0v) is 16.4. The quantitative estimate of drug-likeness (QED) is 0.377. The number of anilines is 1. The first kappa shape index (κ1) is 20.2. The van der Waals surface area contributed by atoms with Crippen molar-refractivity contribution >= 4 is 23.1 Å². The molecule has 1 heterocycles. The van der Waals surface area contributed by atoms with Gasteiger partial charge in [-0.05, 0) is 54.1 Å². The molecule has 1 aliphatic heterocycles. The number of aliphatic hydroxyl groups excluding tert-OH is 1. The summed E-state index contributed by atoms with van der Waals surface area (Å²) < 4.78 is 18.8. The predicted octanol–water partition coefficient (Wildman–Crippen LogP) is 4.17. The molecule has 2 N–H and O–H groups in total. The van der Waals surface area contributed by atoms with E-state index in [-0.39, 0.29) is 16.9 Å². The topological polar surface area (TPSA) is 87.1 Å². The second kappa shape index (κ2) is 7.95. The fourth-order valence-corrected chi connectivity index (χ4v) is 3.66. The SMILES string of the molecule is COc1ccccc1/C(O)=C1/C(=O)C(=O)N(c2ccc(F)cc2)C1c1ccc(O)cc1. The van der Waals surface area contributed by atoms with Crippen LogP contribution < -0.4 is 9.64 Å². The third-order valence-electron chi connectivity index (χ3n) is 5.12. The van der Waals surface area contributed by atoms with E-state index in [9.17, 15) is 24.2 Å². The second-order valence-corrected chi connectivity index (χ2v) is 6.94. The molecule has 0 spiro atoms. The lowest BCUT2D eigenvalue weighted by molar-refractivity contribution is -0.132. The van der Waals surface area contributed by atoms with Gasteiger partial charge in [0.25, 0.3) is 11.7 Å². The fraction of sp³-hybridized carbons (Fsp3) is 0.0833. The normalized spacial score (nSPS) is 17.7. The van der Waals surface area contributed by atoms with E-state index < -0.39 is 29.3 Å². The summed E-state index contributed by atoms with van der Waals surface area (Å²) in [6.07, 6.45) is 0. The molecule has 1 unspecified atom stereocenters. The lowest BCUT2D eigenvalue weighted by Crippen LogP contribution is -2.29. The maximum atomic E-state index is 13.5. The summed E-state index contributed by atoms with van der Waals surface area (Å²) in [7, 11) is 1.43. The molecule has 3 aromatic rings. The molecule has 1 atom stereocenters. The molecule has 7 heteroatoms. The molecule has 0 aromatic heterocycles. The number of aromatic hydroxyl groups is 1. The molecule has 6 nitrogen and oxygen atoms in total. The number of ether oxygens (including phenoxy) is 1. The highest BCUT2D eigenvalue weighted by atomic mass is 19.1. The number of phenols is 1. The number of hydrogen-bond acceptors (Lipinski definition) is 5. The van der Waals surface area contributed by atoms with Gasteiger partial charge >= 0.3 is 0 Å². The number of nitrogens with zero attached hydrogens (tertiary/aromatic N) is 1. The third kappa shape index (κ3) is 3.50. The van der Waals surface area contributed by atoms with Crippen LogP contribution >= 0.6 is 0 Å². The Kier molecular flexibility index (Phi) is 5.17. The molecule has 0 aliphatic carbocycles. The number of para-hydroxylation sites is 1. The minimum atomic E-state index is -0.990. The Bertz CT molecular complexity index is 1190. The average molecular weight is 419 g/mol. The lowest BCUT2D eigenvalue weighted by atomic mass is 9.94. The van der Waals surface area contributed by atoms with Gasteiger partial charge in [0, 0.05) is 5.69 Å². The number of Topliss-reactive ketones (excluding diaryl/α,β-unsaturated/α-hetero) is 1. The summed E-state index contributed by atoms with van der Waals surface area (Å²) >= 11 is 0. The Morgan fingerprint density at radius 2 is 1.61 bits per heavy atom. The van der Waals surface area contributed by atoms with Gasteiger partial charge in [0.2, 0.25) is 0 Å². The van der Waals surface area contributed by atoms with Gasteiger partial charge in [0.1, 0.15) is 23.1 Å². The first-order chi connectivity index (χ1) is 14.9. The summed E-state index contributed by atoms with van der Waals surface area (Å²) in [5.41, 5.74) is 0.897. The molecule has 1 aliphatic rings. The van der Waals surface area contributed by atoms with E-state index in [1.165, 1.54) is 48.4 Å². The van der Waals surface area contributed by atoms with Gasteiger partial charge in [-0.25, -0.2) is 4.39 Å². The van der Waals surface area contributed by atoms with Crippen molar-refractivity contribution < 1.29 is 28.9 Å². The van der Waals surface area contributed by atoms with Gasteiger partial charge in [-0.15, -0.1) is 0 Å². The Balaban J connectivity index is 1.96. The number of amides is 1. The minimum absolute atomic E-state index is 0.00668. The first-order valence-corrected chi connectivity index (χ1v) is 9.41. The van der Waals surface area contributed by atoms with E-state index in [1.54, 1.807) is 36.4 Å². The number of halogens is 1. The summed E-state index contributed by atoms with van der Waals surface area (Å²) in [4.78, 5) is 27.2. The molecule has 0 radical (unpaired) electrons. The van der Waals surface area contributed by atoms with Gasteiger partial charge in [-0.2, -0.15) is 0 Å². The molecule has 0 bridgehead atoms. The summed E-state index contributed by atoms with van der Waals surface area (Å²) in [6, 6.07) is 16.7. The number of ketones is 1. The molecular formula is C24H18FNO5. The average Bonchev–Trinajstić information content (AvgIpc) is 3.05. The standard InChI is InChI=1S/C24H18FNO5/c1-31-19-5-3-2-4-18(19)22(28)20-21(14-6-12-17(27)13-7-14)26(24(30)23(20)29)16-10-8-15(25)9-11-16/h2-13,21,27-28H,1H3/b22-20-. The summed E-state index contributed by atoms with van der Waals surface area (Å²) in [5, 5.41) is 20.8. The number of hydrogen-bond donors (Lipinski definition) is 2. The van der Waals surface area contributed by atoms with E-state index in [0.29, 0.717) is 17.0 Å². The monoisotopic (exact) mass is 419 g/mol. The van der Waals surface area contributed by atoms with Crippen LogP contribution in [-0.4, -0.2) is 29.0 Å². The number of carbonyl (C=O) groups excluding carboxylic acids is 2. The van der Waals surface area contributed by atoms with Crippen LogP contribution in [0.2, 0.25) is 0 Å². The fourth-order valence-electron chi connectivity index (χ4n) is 3.66. The molecule has 4 rings (SSSR count). The second-order valence-electron chi connectivity index (χ2n) is 6.94. The van der Waals surface area contributed by atoms with E-state index in [4.69, 9.17) is 4.74 Å². The Labute approximate surface area is 177 Å². The molecule has 3 aromatic carbocycles. The van der Waals surface area contributed by atoms with E-state index in [0.717, 1.165) is 0 Å². The minimum Gasteiger partial charge on any atom is -0.508 e. The van der Waals surface area contributed by atoms with Crippen molar-refractivity contribution in [1.82, 2.24) is 0 Å².